The Morgan fingerprint density at radius 2 is 1.68 bits per heavy atom. The molecule has 0 radical (unpaired) electrons. The molecule has 0 heterocycles. The Kier molecular flexibility index (Phi) is 7.47. The van der Waals surface area contributed by atoms with E-state index in [4.69, 9.17) is 0 Å². The van der Waals surface area contributed by atoms with Crippen LogP contribution in [0.25, 0.3) is 0 Å². The van der Waals surface area contributed by atoms with E-state index < -0.39 is 10.1 Å². The molecule has 0 fully saturated rings. The van der Waals surface area contributed by atoms with Crippen molar-refractivity contribution in [3.63, 3.8) is 0 Å². The second-order valence-corrected chi connectivity index (χ2v) is 7.18. The van der Waals surface area contributed by atoms with Gasteiger partial charge >= 0.3 is 0 Å². The first-order valence-electron chi connectivity index (χ1n) is 6.48. The minimum atomic E-state index is -4.11. The predicted octanol–water partition coefficient (Wildman–Crippen LogP) is 1.31. The highest BCUT2D eigenvalue weighted by molar-refractivity contribution is 7.85. The molecule has 0 aromatic rings. The van der Waals surface area contributed by atoms with Gasteiger partial charge in [0.25, 0.3) is 0 Å². The fourth-order valence-corrected chi connectivity index (χ4v) is 2.30. The Labute approximate surface area is 116 Å². The number of ketones is 1. The van der Waals surface area contributed by atoms with Crippen LogP contribution in [-0.2, 0) is 14.9 Å². The normalized spacial score (nSPS) is 12.4. The second-order valence-electron chi connectivity index (χ2n) is 5.66. The van der Waals surface area contributed by atoms with Crippen LogP contribution in [0.4, 0.5) is 0 Å². The van der Waals surface area contributed by atoms with Crippen molar-refractivity contribution < 1.29 is 22.2 Å². The number of carbonyl (C=O) groups is 1. The molecular formula is C13H25NO4S. The van der Waals surface area contributed by atoms with Gasteiger partial charge in [0.05, 0.1) is 37.3 Å². The van der Waals surface area contributed by atoms with Crippen molar-refractivity contribution in [2.45, 2.75) is 32.6 Å². The molecule has 112 valence electrons. The summed E-state index contributed by atoms with van der Waals surface area (Å²) in [5, 5.41) is 0. The summed E-state index contributed by atoms with van der Waals surface area (Å²) in [4.78, 5) is 11.3. The molecule has 0 aliphatic carbocycles. The van der Waals surface area contributed by atoms with Crippen LogP contribution in [0.3, 0.4) is 0 Å². The first kappa shape index (κ1) is 18.3. The minimum Gasteiger partial charge on any atom is -0.748 e. The van der Waals surface area contributed by atoms with E-state index in [2.05, 4.69) is 6.58 Å². The molecule has 0 amide bonds. The molecule has 0 N–H and O–H groups in total. The molecule has 19 heavy (non-hydrogen) atoms. The number of quaternary nitrogens is 1. The van der Waals surface area contributed by atoms with Crippen molar-refractivity contribution in [3.05, 3.63) is 12.2 Å². The maximum atomic E-state index is 11.3. The standard InChI is InChI=1S/C13H25NO4S/c1-12(2)13(15)8-5-6-9-14(3,4)10-7-11-19(16,17)18/h1,5-11H2,2-4H3. The molecule has 0 aromatic heterocycles. The third-order valence-electron chi connectivity index (χ3n) is 3.05. The van der Waals surface area contributed by atoms with E-state index >= 15 is 0 Å². The molecule has 6 heteroatoms. The van der Waals surface area contributed by atoms with Crippen LogP contribution in [-0.4, -0.2) is 56.2 Å². The Bertz CT molecular complexity index is 412. The quantitative estimate of drug-likeness (QED) is 0.263. The lowest BCUT2D eigenvalue weighted by Gasteiger charge is -2.30. The van der Waals surface area contributed by atoms with E-state index in [0.29, 0.717) is 29.4 Å². The highest BCUT2D eigenvalue weighted by Crippen LogP contribution is 2.08. The molecule has 0 saturated heterocycles. The largest absolute Gasteiger partial charge is 0.748 e. The molecule has 0 aliphatic rings. The summed E-state index contributed by atoms with van der Waals surface area (Å²) < 4.78 is 32.2. The van der Waals surface area contributed by atoms with Gasteiger partial charge in [0.2, 0.25) is 0 Å². The van der Waals surface area contributed by atoms with Crippen molar-refractivity contribution >= 4 is 15.9 Å². The summed E-state index contributed by atoms with van der Waals surface area (Å²) in [5.74, 6) is -0.203. The van der Waals surface area contributed by atoms with Crippen LogP contribution in [0.5, 0.6) is 0 Å². The van der Waals surface area contributed by atoms with Gasteiger partial charge in [0, 0.05) is 18.6 Å². The van der Waals surface area contributed by atoms with E-state index in [1.165, 1.54) is 0 Å². The number of nitrogens with zero attached hydrogens (tertiary/aromatic N) is 1. The number of Topliss-reactive ketones (excluding diaryl/α,β-unsaturated/α-hetero) is 1. The zero-order valence-corrected chi connectivity index (χ0v) is 13.0. The van der Waals surface area contributed by atoms with Crippen molar-refractivity contribution in [1.82, 2.24) is 0 Å². The third kappa shape index (κ3) is 10.9. The lowest BCUT2D eigenvalue weighted by atomic mass is 10.1. The average Bonchev–Trinajstić information content (AvgIpc) is 2.21. The van der Waals surface area contributed by atoms with E-state index in [0.717, 1.165) is 19.4 Å². The minimum absolute atomic E-state index is 0.0998. The monoisotopic (exact) mass is 291 g/mol. The van der Waals surface area contributed by atoms with Crippen LogP contribution in [0, 0.1) is 0 Å². The van der Waals surface area contributed by atoms with Crippen LogP contribution in [0.1, 0.15) is 32.6 Å². The fourth-order valence-electron chi connectivity index (χ4n) is 1.82. The smallest absolute Gasteiger partial charge is 0.157 e. The third-order valence-corrected chi connectivity index (χ3v) is 3.84. The fraction of sp³-hybridized carbons (Fsp3) is 0.769. The second kappa shape index (κ2) is 7.77. The summed E-state index contributed by atoms with van der Waals surface area (Å²) in [7, 11) is -0.111. The molecule has 0 rings (SSSR count). The zero-order chi connectivity index (χ0) is 15.1. The van der Waals surface area contributed by atoms with Crippen LogP contribution in [0.2, 0.25) is 0 Å². The summed E-state index contributed by atoms with van der Waals surface area (Å²) in [6.07, 6.45) is 2.61. The van der Waals surface area contributed by atoms with Crippen molar-refractivity contribution in [3.8, 4) is 0 Å². The zero-order valence-electron chi connectivity index (χ0n) is 12.1. The summed E-state index contributed by atoms with van der Waals surface area (Å²) in [5.41, 5.74) is 0.592. The number of rotatable bonds is 10. The first-order valence-corrected chi connectivity index (χ1v) is 8.05. The van der Waals surface area contributed by atoms with Gasteiger partial charge in [-0.2, -0.15) is 0 Å². The van der Waals surface area contributed by atoms with Gasteiger partial charge in [-0.05, 0) is 25.3 Å². The van der Waals surface area contributed by atoms with Crippen LogP contribution < -0.4 is 0 Å². The number of hydrogen-bond acceptors (Lipinski definition) is 4. The summed E-state index contributed by atoms with van der Waals surface area (Å²) in [6, 6.07) is 0. The van der Waals surface area contributed by atoms with Gasteiger partial charge in [-0.3, -0.25) is 4.79 Å². The van der Waals surface area contributed by atoms with Gasteiger partial charge in [-0.1, -0.05) is 6.58 Å². The first-order chi connectivity index (χ1) is 8.53. The van der Waals surface area contributed by atoms with Gasteiger partial charge in [0.15, 0.2) is 5.78 Å². The molecule has 0 atom stereocenters. The van der Waals surface area contributed by atoms with E-state index in [1.807, 2.05) is 14.1 Å². The van der Waals surface area contributed by atoms with Crippen LogP contribution in [0.15, 0.2) is 12.2 Å². The average molecular weight is 291 g/mol. The number of allylic oxidation sites excluding steroid dienone is 1. The lowest BCUT2D eigenvalue weighted by Crippen LogP contribution is -2.41. The molecule has 5 nitrogen and oxygen atoms in total. The number of carbonyl (C=O) groups excluding carboxylic acids is 1. The van der Waals surface area contributed by atoms with Crippen molar-refractivity contribution in [2.24, 2.45) is 0 Å². The van der Waals surface area contributed by atoms with Gasteiger partial charge in [-0.15, -0.1) is 0 Å². The summed E-state index contributed by atoms with van der Waals surface area (Å²) >= 11 is 0. The van der Waals surface area contributed by atoms with E-state index in [9.17, 15) is 17.8 Å². The Balaban J connectivity index is 3.85. The summed E-state index contributed by atoms with van der Waals surface area (Å²) in [6.45, 7) is 6.83. The van der Waals surface area contributed by atoms with Gasteiger partial charge < -0.3 is 9.04 Å². The Morgan fingerprint density at radius 1 is 1.16 bits per heavy atom. The van der Waals surface area contributed by atoms with Crippen molar-refractivity contribution in [2.75, 3.05) is 32.9 Å². The number of hydrogen-bond donors (Lipinski definition) is 0. The lowest BCUT2D eigenvalue weighted by molar-refractivity contribution is -0.890. The molecule has 0 unspecified atom stereocenters. The predicted molar refractivity (Wildman–Crippen MR) is 74.7 cm³/mol. The van der Waals surface area contributed by atoms with E-state index in [1.54, 1.807) is 6.92 Å². The Morgan fingerprint density at radius 3 is 2.16 bits per heavy atom. The SMILES string of the molecule is C=C(C)C(=O)CCCC[N+](C)(C)CCCS(=O)(=O)[O-]. The molecule has 0 aliphatic heterocycles. The highest BCUT2D eigenvalue weighted by atomic mass is 32.2. The van der Waals surface area contributed by atoms with Gasteiger partial charge in [0.1, 0.15) is 0 Å². The molecule has 0 saturated carbocycles. The Hall–Kier alpha value is -0.720. The van der Waals surface area contributed by atoms with Crippen molar-refractivity contribution in [1.29, 1.82) is 0 Å². The maximum Gasteiger partial charge on any atom is 0.157 e. The topological polar surface area (TPSA) is 74.3 Å². The molecule has 0 bridgehead atoms. The molecule has 0 aromatic carbocycles. The number of unbranched alkanes of at least 4 members (excludes halogenated alkanes) is 1. The highest BCUT2D eigenvalue weighted by Gasteiger charge is 2.15. The molecular weight excluding hydrogens is 266 g/mol. The van der Waals surface area contributed by atoms with Crippen LogP contribution >= 0.6 is 0 Å². The maximum absolute atomic E-state index is 11.3. The van der Waals surface area contributed by atoms with E-state index in [-0.39, 0.29) is 11.5 Å². The molecule has 0 spiro atoms. The van der Waals surface area contributed by atoms with Gasteiger partial charge in [-0.25, -0.2) is 8.42 Å².